The molecule has 4 rings (SSSR count). The fraction of sp³-hybridized carbons (Fsp3) is 0.304. The summed E-state index contributed by atoms with van der Waals surface area (Å²) in [6, 6.07) is 10.2. The summed E-state index contributed by atoms with van der Waals surface area (Å²) < 4.78 is 10.7. The van der Waals surface area contributed by atoms with E-state index in [2.05, 4.69) is 10.6 Å². The monoisotopic (exact) mass is 489 g/mol. The van der Waals surface area contributed by atoms with Crippen LogP contribution in [-0.2, 0) is 11.3 Å². The number of ketones is 1. The number of nitrogens with two attached hydrogens (primary N) is 1. The molecule has 33 heavy (non-hydrogen) atoms. The normalized spacial score (nSPS) is 14.2. The molecule has 0 aliphatic carbocycles. The van der Waals surface area contributed by atoms with Crippen LogP contribution in [0.3, 0.4) is 0 Å². The van der Waals surface area contributed by atoms with Crippen molar-refractivity contribution in [3.63, 3.8) is 0 Å². The summed E-state index contributed by atoms with van der Waals surface area (Å²) in [6.07, 6.45) is 1.58. The van der Waals surface area contributed by atoms with Crippen LogP contribution < -0.4 is 21.3 Å². The average Bonchev–Trinajstić information content (AvgIpc) is 3.46. The van der Waals surface area contributed by atoms with Crippen LogP contribution in [0.15, 0.2) is 47.1 Å². The highest BCUT2D eigenvalue weighted by atomic mass is 35.5. The van der Waals surface area contributed by atoms with Gasteiger partial charge in [-0.15, -0.1) is 11.3 Å². The van der Waals surface area contributed by atoms with E-state index >= 15 is 0 Å². The van der Waals surface area contributed by atoms with Gasteiger partial charge in [0, 0.05) is 10.6 Å². The van der Waals surface area contributed by atoms with Gasteiger partial charge < -0.3 is 30.4 Å². The second-order valence-electron chi connectivity index (χ2n) is 7.69. The summed E-state index contributed by atoms with van der Waals surface area (Å²) in [7, 11) is 0. The van der Waals surface area contributed by atoms with E-state index in [9.17, 15) is 9.59 Å². The Bertz CT molecular complexity index is 1090. The van der Waals surface area contributed by atoms with Crippen LogP contribution in [0.4, 0.5) is 10.7 Å². The van der Waals surface area contributed by atoms with Gasteiger partial charge in [0.1, 0.15) is 28.7 Å². The summed E-state index contributed by atoms with van der Waals surface area (Å²) >= 11 is 7.11. The molecule has 0 spiro atoms. The van der Waals surface area contributed by atoms with Crippen molar-refractivity contribution in [2.45, 2.75) is 6.54 Å². The number of hydrogen-bond acceptors (Lipinski definition) is 7. The number of morpholine rings is 1. The summed E-state index contributed by atoms with van der Waals surface area (Å²) in [4.78, 5) is 27.9. The molecule has 1 fully saturated rings. The van der Waals surface area contributed by atoms with Crippen LogP contribution in [0, 0.1) is 0 Å². The van der Waals surface area contributed by atoms with Gasteiger partial charge >= 0.3 is 0 Å². The van der Waals surface area contributed by atoms with E-state index in [1.54, 1.807) is 36.6 Å². The summed E-state index contributed by atoms with van der Waals surface area (Å²) in [5.41, 5.74) is 7.25. The van der Waals surface area contributed by atoms with E-state index in [1.807, 2.05) is 6.07 Å². The van der Waals surface area contributed by atoms with Crippen LogP contribution in [0.5, 0.6) is 0 Å². The molecule has 3 heterocycles. The molecular weight excluding hydrogens is 464 g/mol. The highest BCUT2D eigenvalue weighted by Gasteiger charge is 2.26. The van der Waals surface area contributed by atoms with E-state index in [0.717, 1.165) is 44.2 Å². The van der Waals surface area contributed by atoms with Gasteiger partial charge in [-0.3, -0.25) is 9.59 Å². The maximum atomic E-state index is 13.1. The molecular formula is C23H26ClN4O4S+. The van der Waals surface area contributed by atoms with Gasteiger partial charge in [-0.25, -0.2) is 0 Å². The Balaban J connectivity index is 1.53. The number of quaternary nitrogens is 1. The Labute approximate surface area is 200 Å². The van der Waals surface area contributed by atoms with Crippen molar-refractivity contribution in [2.24, 2.45) is 0 Å². The van der Waals surface area contributed by atoms with Gasteiger partial charge in [-0.1, -0.05) is 11.6 Å². The van der Waals surface area contributed by atoms with Gasteiger partial charge in [0.25, 0.3) is 5.91 Å². The molecule has 0 radical (unpaired) electrons. The van der Waals surface area contributed by atoms with E-state index in [1.165, 1.54) is 4.90 Å². The SMILES string of the molecule is Nc1c(C(=O)c2ccc(Cl)cc2)sc(NCc2ccco2)c1C(=O)NCC[NH+]1CCOCC1. The lowest BCUT2D eigenvalue weighted by Gasteiger charge is -2.23. The number of carbonyl (C=O) groups is 2. The van der Waals surface area contributed by atoms with Crippen molar-refractivity contribution in [1.82, 2.24) is 5.32 Å². The first-order valence-corrected chi connectivity index (χ1v) is 11.9. The molecule has 1 amide bonds. The van der Waals surface area contributed by atoms with E-state index < -0.39 is 0 Å². The number of nitrogens with one attached hydrogen (secondary N) is 3. The molecule has 0 bridgehead atoms. The minimum Gasteiger partial charge on any atom is -0.467 e. The molecule has 0 unspecified atom stereocenters. The second kappa shape index (κ2) is 10.8. The molecule has 2 aromatic heterocycles. The third-order valence-electron chi connectivity index (χ3n) is 5.45. The van der Waals surface area contributed by atoms with Crippen LogP contribution in [0.25, 0.3) is 0 Å². The lowest BCUT2D eigenvalue weighted by molar-refractivity contribution is -0.906. The molecule has 10 heteroatoms. The van der Waals surface area contributed by atoms with Gasteiger partial charge in [0.05, 0.1) is 50.4 Å². The van der Waals surface area contributed by atoms with Gasteiger partial charge in [-0.2, -0.15) is 0 Å². The number of halogens is 1. The molecule has 1 aliphatic heterocycles. The third kappa shape index (κ3) is 5.75. The number of amides is 1. The highest BCUT2D eigenvalue weighted by molar-refractivity contribution is 7.19. The fourth-order valence-corrected chi connectivity index (χ4v) is 4.83. The zero-order chi connectivity index (χ0) is 23.2. The Morgan fingerprint density at radius 2 is 1.91 bits per heavy atom. The van der Waals surface area contributed by atoms with Crippen molar-refractivity contribution in [2.75, 3.05) is 50.4 Å². The molecule has 1 aliphatic rings. The van der Waals surface area contributed by atoms with E-state index in [0.29, 0.717) is 39.3 Å². The molecule has 1 saturated heterocycles. The Hall–Kier alpha value is -2.85. The minimum absolute atomic E-state index is 0.165. The lowest BCUT2D eigenvalue weighted by Crippen LogP contribution is -3.14. The first-order valence-electron chi connectivity index (χ1n) is 10.7. The number of thiophene rings is 1. The lowest BCUT2D eigenvalue weighted by atomic mass is 10.1. The average molecular weight is 490 g/mol. The first kappa shape index (κ1) is 23.3. The van der Waals surface area contributed by atoms with Crippen LogP contribution in [-0.4, -0.2) is 51.1 Å². The minimum atomic E-state index is -0.312. The fourth-order valence-electron chi connectivity index (χ4n) is 3.63. The highest BCUT2D eigenvalue weighted by Crippen LogP contribution is 2.37. The van der Waals surface area contributed by atoms with E-state index in [4.69, 9.17) is 26.5 Å². The second-order valence-corrected chi connectivity index (χ2v) is 9.14. The largest absolute Gasteiger partial charge is 0.467 e. The molecule has 8 nitrogen and oxygen atoms in total. The third-order valence-corrected chi connectivity index (χ3v) is 6.87. The number of ether oxygens (including phenoxy) is 1. The van der Waals surface area contributed by atoms with Crippen molar-refractivity contribution in [1.29, 1.82) is 0 Å². The zero-order valence-electron chi connectivity index (χ0n) is 18.0. The molecule has 5 N–H and O–H groups in total. The Morgan fingerprint density at radius 3 is 2.61 bits per heavy atom. The van der Waals surface area contributed by atoms with Gasteiger partial charge in [0.2, 0.25) is 5.78 Å². The van der Waals surface area contributed by atoms with Crippen molar-refractivity contribution >= 4 is 45.3 Å². The number of benzene rings is 1. The number of hydrogen-bond donors (Lipinski definition) is 4. The molecule has 0 atom stereocenters. The van der Waals surface area contributed by atoms with Gasteiger partial charge in [0.15, 0.2) is 0 Å². The van der Waals surface area contributed by atoms with Crippen LogP contribution in [0.2, 0.25) is 5.02 Å². The Morgan fingerprint density at radius 1 is 1.15 bits per heavy atom. The predicted octanol–water partition coefficient (Wildman–Crippen LogP) is 2.06. The quantitative estimate of drug-likeness (QED) is 0.342. The zero-order valence-corrected chi connectivity index (χ0v) is 19.6. The predicted molar refractivity (Wildman–Crippen MR) is 128 cm³/mol. The smallest absolute Gasteiger partial charge is 0.256 e. The van der Waals surface area contributed by atoms with Crippen molar-refractivity contribution in [3.8, 4) is 0 Å². The number of furan rings is 1. The molecule has 0 saturated carbocycles. The number of carbonyl (C=O) groups excluding carboxylic acids is 2. The Kier molecular flexibility index (Phi) is 7.66. The maximum absolute atomic E-state index is 13.1. The standard InChI is InChI=1S/C23H25ClN4O4S/c24-16-5-3-15(4-6-16)20(29)21-19(25)18(23(33-21)27-14-17-2-1-11-32-17)22(30)26-7-8-28-9-12-31-13-10-28/h1-6,11,27H,7-10,12-14,25H2,(H,26,30)/p+1. The van der Waals surface area contributed by atoms with Crippen LogP contribution >= 0.6 is 22.9 Å². The summed E-state index contributed by atoms with van der Waals surface area (Å²) in [6.45, 7) is 4.97. The summed E-state index contributed by atoms with van der Waals surface area (Å²) in [5, 5.41) is 7.22. The van der Waals surface area contributed by atoms with E-state index in [-0.39, 0.29) is 22.9 Å². The van der Waals surface area contributed by atoms with Gasteiger partial charge in [-0.05, 0) is 36.4 Å². The molecule has 174 valence electrons. The maximum Gasteiger partial charge on any atom is 0.256 e. The topological polar surface area (TPSA) is 111 Å². The van der Waals surface area contributed by atoms with Crippen molar-refractivity contribution in [3.05, 3.63) is 69.4 Å². The number of anilines is 2. The first-order chi connectivity index (χ1) is 16.0. The molecule has 1 aromatic carbocycles. The summed E-state index contributed by atoms with van der Waals surface area (Å²) in [5.74, 6) is 0.135. The number of nitrogen functional groups attached to an aromatic ring is 1. The van der Waals surface area contributed by atoms with Crippen molar-refractivity contribution < 1.29 is 23.6 Å². The molecule has 3 aromatic rings. The number of rotatable bonds is 9. The van der Waals surface area contributed by atoms with Crippen LogP contribution in [0.1, 0.15) is 31.4 Å².